The second-order valence-electron chi connectivity index (χ2n) is 5.63. The summed E-state index contributed by atoms with van der Waals surface area (Å²) in [5, 5.41) is 4.22. The van der Waals surface area contributed by atoms with E-state index in [0.717, 1.165) is 26.1 Å². The van der Waals surface area contributed by atoms with Crippen LogP contribution in [0.3, 0.4) is 0 Å². The summed E-state index contributed by atoms with van der Waals surface area (Å²) in [7, 11) is 0. The molecule has 0 aliphatic heterocycles. The predicted molar refractivity (Wildman–Crippen MR) is 94.2 cm³/mol. The number of hydrogen-bond acceptors (Lipinski definition) is 2. The van der Waals surface area contributed by atoms with Gasteiger partial charge in [0.05, 0.1) is 0 Å². The first-order valence-corrected chi connectivity index (χ1v) is 8.22. The van der Waals surface area contributed by atoms with Crippen molar-refractivity contribution in [1.82, 2.24) is 9.78 Å². The Kier molecular flexibility index (Phi) is 6.75. The molecule has 22 heavy (non-hydrogen) atoms. The Hall–Kier alpha value is -2.03. The van der Waals surface area contributed by atoms with Gasteiger partial charge in [0.15, 0.2) is 0 Å². The molecule has 0 amide bonds. The van der Waals surface area contributed by atoms with Gasteiger partial charge in [-0.1, -0.05) is 29.8 Å². The minimum absolute atomic E-state index is 0.968. The fourth-order valence-corrected chi connectivity index (χ4v) is 2.64. The van der Waals surface area contributed by atoms with E-state index in [1.165, 1.54) is 24.1 Å². The molecule has 1 aromatic heterocycles. The van der Waals surface area contributed by atoms with Crippen molar-refractivity contribution in [3.05, 3.63) is 60.4 Å². The molecule has 1 aromatic carbocycles. The van der Waals surface area contributed by atoms with Crippen LogP contribution in [0.5, 0.6) is 0 Å². The SMILES string of the molecule is CCN(CCC/C(C)=C/CCn1cccn1)c1ccccc1. The van der Waals surface area contributed by atoms with Crippen molar-refractivity contribution in [3.63, 3.8) is 0 Å². The first-order valence-electron chi connectivity index (χ1n) is 8.22. The average Bonchev–Trinajstić information content (AvgIpc) is 3.06. The van der Waals surface area contributed by atoms with Gasteiger partial charge in [-0.25, -0.2) is 0 Å². The Morgan fingerprint density at radius 3 is 2.73 bits per heavy atom. The summed E-state index contributed by atoms with van der Waals surface area (Å²) < 4.78 is 1.98. The van der Waals surface area contributed by atoms with Gasteiger partial charge in [-0.05, 0) is 51.3 Å². The van der Waals surface area contributed by atoms with Gasteiger partial charge in [0.1, 0.15) is 0 Å². The maximum Gasteiger partial charge on any atom is 0.0489 e. The molecule has 118 valence electrons. The maximum absolute atomic E-state index is 4.22. The van der Waals surface area contributed by atoms with E-state index in [1.54, 1.807) is 0 Å². The van der Waals surface area contributed by atoms with Crippen molar-refractivity contribution in [2.24, 2.45) is 0 Å². The zero-order valence-corrected chi connectivity index (χ0v) is 13.8. The normalized spacial score (nSPS) is 11.6. The number of nitrogens with zero attached hydrogens (tertiary/aromatic N) is 3. The van der Waals surface area contributed by atoms with Crippen LogP contribution in [0.15, 0.2) is 60.4 Å². The maximum atomic E-state index is 4.22. The Bertz CT molecular complexity index is 543. The van der Waals surface area contributed by atoms with Gasteiger partial charge < -0.3 is 4.90 Å². The minimum Gasteiger partial charge on any atom is -0.372 e. The topological polar surface area (TPSA) is 21.1 Å². The third-order valence-electron chi connectivity index (χ3n) is 3.91. The van der Waals surface area contributed by atoms with Crippen molar-refractivity contribution in [1.29, 1.82) is 0 Å². The second kappa shape index (κ2) is 9.08. The summed E-state index contributed by atoms with van der Waals surface area (Å²) in [4.78, 5) is 2.44. The summed E-state index contributed by atoms with van der Waals surface area (Å²) in [6.45, 7) is 7.61. The van der Waals surface area contributed by atoms with E-state index in [-0.39, 0.29) is 0 Å². The van der Waals surface area contributed by atoms with E-state index in [4.69, 9.17) is 0 Å². The number of hydrogen-bond donors (Lipinski definition) is 0. The van der Waals surface area contributed by atoms with Crippen LogP contribution in [0.25, 0.3) is 0 Å². The Balaban J connectivity index is 1.70. The first-order chi connectivity index (χ1) is 10.8. The molecule has 0 bridgehead atoms. The van der Waals surface area contributed by atoms with Gasteiger partial charge in [-0.15, -0.1) is 0 Å². The standard InChI is InChI=1S/C19H27N3/c1-3-21(19-12-5-4-6-13-19)15-7-10-18(2)11-8-16-22-17-9-14-20-22/h4-6,9,11-14,17H,3,7-8,10,15-16H2,1-2H3/b18-11+. The van der Waals surface area contributed by atoms with E-state index in [2.05, 4.69) is 60.3 Å². The lowest BCUT2D eigenvalue weighted by Crippen LogP contribution is -2.23. The van der Waals surface area contributed by atoms with Crippen LogP contribution >= 0.6 is 0 Å². The lowest BCUT2D eigenvalue weighted by atomic mass is 10.1. The molecule has 0 spiro atoms. The molecule has 2 rings (SSSR count). The number of allylic oxidation sites excluding steroid dienone is 2. The van der Waals surface area contributed by atoms with E-state index in [0.29, 0.717) is 0 Å². The molecule has 0 aliphatic rings. The molecule has 2 aromatic rings. The zero-order valence-electron chi connectivity index (χ0n) is 13.8. The molecule has 0 unspecified atom stereocenters. The molecule has 3 nitrogen and oxygen atoms in total. The Morgan fingerprint density at radius 1 is 1.23 bits per heavy atom. The van der Waals surface area contributed by atoms with Crippen LogP contribution in [0.1, 0.15) is 33.1 Å². The number of aryl methyl sites for hydroxylation is 1. The smallest absolute Gasteiger partial charge is 0.0489 e. The van der Waals surface area contributed by atoms with Crippen LogP contribution in [0.4, 0.5) is 5.69 Å². The average molecular weight is 297 g/mol. The minimum atomic E-state index is 0.968. The highest BCUT2D eigenvalue weighted by Gasteiger charge is 2.03. The highest BCUT2D eigenvalue weighted by Crippen LogP contribution is 2.15. The lowest BCUT2D eigenvalue weighted by molar-refractivity contribution is 0.621. The van der Waals surface area contributed by atoms with Crippen LogP contribution in [-0.4, -0.2) is 22.9 Å². The van der Waals surface area contributed by atoms with Gasteiger partial charge in [-0.2, -0.15) is 5.10 Å². The Labute approximate surface area is 134 Å². The van der Waals surface area contributed by atoms with Crippen LogP contribution < -0.4 is 4.90 Å². The number of anilines is 1. The molecular formula is C19H27N3. The van der Waals surface area contributed by atoms with Crippen molar-refractivity contribution in [2.75, 3.05) is 18.0 Å². The number of benzene rings is 1. The monoisotopic (exact) mass is 297 g/mol. The molecule has 0 radical (unpaired) electrons. The predicted octanol–water partition coefficient (Wildman–Crippen LogP) is 4.53. The summed E-state index contributed by atoms with van der Waals surface area (Å²) in [5.74, 6) is 0. The van der Waals surface area contributed by atoms with Gasteiger partial charge in [0, 0.05) is 37.7 Å². The molecular weight excluding hydrogens is 270 g/mol. The largest absolute Gasteiger partial charge is 0.372 e. The Morgan fingerprint density at radius 2 is 2.05 bits per heavy atom. The molecule has 0 N–H and O–H groups in total. The van der Waals surface area contributed by atoms with Gasteiger partial charge in [-0.3, -0.25) is 4.68 Å². The van der Waals surface area contributed by atoms with Gasteiger partial charge in [0.25, 0.3) is 0 Å². The highest BCUT2D eigenvalue weighted by molar-refractivity contribution is 5.45. The van der Waals surface area contributed by atoms with Crippen molar-refractivity contribution in [2.45, 2.75) is 39.7 Å². The number of para-hydroxylation sites is 1. The lowest BCUT2D eigenvalue weighted by Gasteiger charge is -2.23. The van der Waals surface area contributed by atoms with E-state index >= 15 is 0 Å². The third-order valence-corrected chi connectivity index (χ3v) is 3.91. The molecule has 0 aliphatic carbocycles. The molecule has 0 fully saturated rings. The second-order valence-corrected chi connectivity index (χ2v) is 5.63. The fraction of sp³-hybridized carbons (Fsp3) is 0.421. The van der Waals surface area contributed by atoms with Crippen LogP contribution in [-0.2, 0) is 6.54 Å². The number of rotatable bonds is 9. The van der Waals surface area contributed by atoms with E-state index < -0.39 is 0 Å². The summed E-state index contributed by atoms with van der Waals surface area (Å²) in [6, 6.07) is 12.6. The fourth-order valence-electron chi connectivity index (χ4n) is 2.64. The highest BCUT2D eigenvalue weighted by atomic mass is 15.3. The molecule has 0 saturated heterocycles. The van der Waals surface area contributed by atoms with Gasteiger partial charge >= 0.3 is 0 Å². The quantitative estimate of drug-likeness (QED) is 0.634. The van der Waals surface area contributed by atoms with Crippen LogP contribution in [0, 0.1) is 0 Å². The van der Waals surface area contributed by atoms with Crippen molar-refractivity contribution >= 4 is 5.69 Å². The zero-order chi connectivity index (χ0) is 15.6. The summed E-state index contributed by atoms with van der Waals surface area (Å²) in [5.41, 5.74) is 2.81. The van der Waals surface area contributed by atoms with Crippen molar-refractivity contribution < 1.29 is 0 Å². The van der Waals surface area contributed by atoms with Gasteiger partial charge in [0.2, 0.25) is 0 Å². The summed E-state index contributed by atoms with van der Waals surface area (Å²) in [6.07, 6.45) is 9.63. The van der Waals surface area contributed by atoms with Crippen molar-refractivity contribution in [3.8, 4) is 0 Å². The third kappa shape index (κ3) is 5.40. The molecule has 1 heterocycles. The van der Waals surface area contributed by atoms with E-state index in [1.807, 2.05) is 23.1 Å². The number of aromatic nitrogens is 2. The first kappa shape index (κ1) is 16.3. The summed E-state index contributed by atoms with van der Waals surface area (Å²) >= 11 is 0. The molecule has 0 atom stereocenters. The van der Waals surface area contributed by atoms with Crippen LogP contribution in [0.2, 0.25) is 0 Å². The van der Waals surface area contributed by atoms with E-state index in [9.17, 15) is 0 Å². The molecule has 0 saturated carbocycles. The molecule has 3 heteroatoms.